The molecule has 3 aliphatic rings. The molecule has 162 valence electrons. The molecule has 6 nitrogen and oxygen atoms in total. The Morgan fingerprint density at radius 3 is 2.07 bits per heavy atom. The summed E-state index contributed by atoms with van der Waals surface area (Å²) in [6.07, 6.45) is 4.38. The van der Waals surface area contributed by atoms with E-state index in [-0.39, 0.29) is 29.6 Å². The molecule has 3 amide bonds. The van der Waals surface area contributed by atoms with Crippen molar-refractivity contribution in [2.24, 2.45) is 11.8 Å². The van der Waals surface area contributed by atoms with Crippen molar-refractivity contribution < 1.29 is 18.8 Å². The van der Waals surface area contributed by atoms with Crippen LogP contribution in [0.5, 0.6) is 0 Å². The van der Waals surface area contributed by atoms with Gasteiger partial charge < -0.3 is 4.90 Å². The molecule has 3 fully saturated rings. The van der Waals surface area contributed by atoms with Gasteiger partial charge in [0.05, 0.1) is 12.5 Å². The molecule has 3 aliphatic heterocycles. The third-order valence-electron chi connectivity index (χ3n) is 7.14. The standard InChI is InChI=1S/C23H30FN3O3/c1-2-27-21(28)15-20(23(27)30)25-11-7-16(8-12-25)17-9-13-26(14-10-17)22(29)18-3-5-19(24)6-4-18/h3-6,16-17,20H,2,7-15H2,1H3/t20-/m1/s1. The average molecular weight is 416 g/mol. The van der Waals surface area contributed by atoms with Gasteiger partial charge in [0.2, 0.25) is 11.8 Å². The summed E-state index contributed by atoms with van der Waals surface area (Å²) in [5.41, 5.74) is 0.542. The molecule has 0 saturated carbocycles. The predicted molar refractivity (Wildman–Crippen MR) is 110 cm³/mol. The third-order valence-corrected chi connectivity index (χ3v) is 7.14. The van der Waals surface area contributed by atoms with Gasteiger partial charge in [-0.25, -0.2) is 4.39 Å². The van der Waals surface area contributed by atoms with Crippen LogP contribution in [0.15, 0.2) is 24.3 Å². The van der Waals surface area contributed by atoms with Gasteiger partial charge in [0, 0.05) is 25.2 Å². The van der Waals surface area contributed by atoms with Crippen LogP contribution in [0.2, 0.25) is 0 Å². The fraction of sp³-hybridized carbons (Fsp3) is 0.609. The Hall–Kier alpha value is -2.28. The van der Waals surface area contributed by atoms with Gasteiger partial charge >= 0.3 is 0 Å². The average Bonchev–Trinajstić information content (AvgIpc) is 3.07. The Balaban J connectivity index is 1.26. The molecule has 0 bridgehead atoms. The zero-order valence-corrected chi connectivity index (χ0v) is 17.6. The fourth-order valence-electron chi connectivity index (χ4n) is 5.33. The Bertz CT molecular complexity index is 796. The van der Waals surface area contributed by atoms with E-state index in [1.54, 1.807) is 12.1 Å². The van der Waals surface area contributed by atoms with Crippen LogP contribution < -0.4 is 0 Å². The highest BCUT2D eigenvalue weighted by molar-refractivity contribution is 6.05. The zero-order valence-electron chi connectivity index (χ0n) is 17.6. The second kappa shape index (κ2) is 8.84. The Labute approximate surface area is 177 Å². The molecule has 30 heavy (non-hydrogen) atoms. The first-order chi connectivity index (χ1) is 14.5. The van der Waals surface area contributed by atoms with Gasteiger partial charge in [-0.3, -0.25) is 24.2 Å². The highest BCUT2D eigenvalue weighted by Crippen LogP contribution is 2.34. The number of benzene rings is 1. The number of likely N-dealkylation sites (tertiary alicyclic amines) is 3. The van der Waals surface area contributed by atoms with E-state index in [0.29, 0.717) is 30.4 Å². The van der Waals surface area contributed by atoms with Crippen LogP contribution >= 0.6 is 0 Å². The zero-order chi connectivity index (χ0) is 21.3. The quantitative estimate of drug-likeness (QED) is 0.709. The maximum absolute atomic E-state index is 13.1. The monoisotopic (exact) mass is 415 g/mol. The first kappa shape index (κ1) is 21.0. The smallest absolute Gasteiger partial charge is 0.253 e. The number of carbonyl (C=O) groups is 3. The van der Waals surface area contributed by atoms with Crippen LogP contribution in [0.3, 0.4) is 0 Å². The minimum Gasteiger partial charge on any atom is -0.339 e. The van der Waals surface area contributed by atoms with Crippen molar-refractivity contribution in [2.45, 2.75) is 45.1 Å². The van der Waals surface area contributed by atoms with E-state index < -0.39 is 0 Å². The predicted octanol–water partition coefficient (Wildman–Crippen LogP) is 2.54. The summed E-state index contributed by atoms with van der Waals surface area (Å²) < 4.78 is 13.1. The second-order valence-electron chi connectivity index (χ2n) is 8.71. The lowest BCUT2D eigenvalue weighted by Gasteiger charge is -2.41. The maximum Gasteiger partial charge on any atom is 0.253 e. The second-order valence-corrected chi connectivity index (χ2v) is 8.71. The summed E-state index contributed by atoms with van der Waals surface area (Å²) in [5, 5.41) is 0. The normalized spacial score (nSPS) is 24.7. The van der Waals surface area contributed by atoms with Crippen molar-refractivity contribution >= 4 is 17.7 Å². The van der Waals surface area contributed by atoms with E-state index >= 15 is 0 Å². The molecule has 3 saturated heterocycles. The molecule has 0 spiro atoms. The van der Waals surface area contributed by atoms with Crippen molar-refractivity contribution in [1.82, 2.24) is 14.7 Å². The number of carbonyl (C=O) groups excluding carboxylic acids is 3. The Morgan fingerprint density at radius 1 is 0.967 bits per heavy atom. The molecule has 7 heteroatoms. The van der Waals surface area contributed by atoms with Gasteiger partial charge in [0.25, 0.3) is 5.91 Å². The number of nitrogens with zero attached hydrogens (tertiary/aromatic N) is 3. The third kappa shape index (κ3) is 4.13. The van der Waals surface area contributed by atoms with Gasteiger partial charge in [-0.15, -0.1) is 0 Å². The summed E-state index contributed by atoms with van der Waals surface area (Å²) in [5.74, 6) is 0.772. The summed E-state index contributed by atoms with van der Waals surface area (Å²) in [6.45, 7) is 5.50. The van der Waals surface area contributed by atoms with Crippen molar-refractivity contribution in [1.29, 1.82) is 0 Å². The van der Waals surface area contributed by atoms with Gasteiger partial charge in [-0.1, -0.05) is 0 Å². The Morgan fingerprint density at radius 2 is 1.53 bits per heavy atom. The molecular formula is C23H30FN3O3. The van der Waals surface area contributed by atoms with E-state index in [2.05, 4.69) is 4.90 Å². The van der Waals surface area contributed by atoms with Gasteiger partial charge in [0.15, 0.2) is 0 Å². The lowest BCUT2D eigenvalue weighted by atomic mass is 9.78. The minimum absolute atomic E-state index is 0.0202. The van der Waals surface area contributed by atoms with Crippen molar-refractivity contribution in [3.05, 3.63) is 35.6 Å². The lowest BCUT2D eigenvalue weighted by molar-refractivity contribution is -0.139. The summed E-state index contributed by atoms with van der Waals surface area (Å²) in [7, 11) is 0. The van der Waals surface area contributed by atoms with E-state index in [0.717, 1.165) is 51.9 Å². The molecule has 3 heterocycles. The maximum atomic E-state index is 13.1. The number of rotatable bonds is 4. The molecular weight excluding hydrogens is 385 g/mol. The van der Waals surface area contributed by atoms with Crippen LogP contribution in [0.1, 0.15) is 49.4 Å². The van der Waals surface area contributed by atoms with Crippen LogP contribution in [0.4, 0.5) is 4.39 Å². The molecule has 1 aromatic carbocycles. The number of halogens is 1. The first-order valence-corrected chi connectivity index (χ1v) is 11.1. The molecule has 1 aromatic rings. The molecule has 0 aliphatic carbocycles. The van der Waals surface area contributed by atoms with Gasteiger partial charge in [-0.05, 0) is 81.8 Å². The highest BCUT2D eigenvalue weighted by atomic mass is 19.1. The van der Waals surface area contributed by atoms with Gasteiger partial charge in [-0.2, -0.15) is 0 Å². The first-order valence-electron chi connectivity index (χ1n) is 11.1. The van der Waals surface area contributed by atoms with Crippen molar-refractivity contribution in [3.8, 4) is 0 Å². The topological polar surface area (TPSA) is 60.9 Å². The number of hydrogen-bond donors (Lipinski definition) is 0. The summed E-state index contributed by atoms with van der Waals surface area (Å²) >= 11 is 0. The molecule has 0 N–H and O–H groups in total. The largest absolute Gasteiger partial charge is 0.339 e. The fourth-order valence-corrected chi connectivity index (χ4v) is 5.33. The van der Waals surface area contributed by atoms with Crippen molar-refractivity contribution in [2.75, 3.05) is 32.7 Å². The Kier molecular flexibility index (Phi) is 6.18. The molecule has 4 rings (SSSR count). The molecule has 1 atom stereocenters. The van der Waals surface area contributed by atoms with E-state index in [4.69, 9.17) is 0 Å². The SMILES string of the molecule is CCN1C(=O)C[C@@H](N2CCC(C3CCN(C(=O)c4ccc(F)cc4)CC3)CC2)C1=O. The van der Waals surface area contributed by atoms with Crippen LogP contribution in [0.25, 0.3) is 0 Å². The summed E-state index contributed by atoms with van der Waals surface area (Å²) in [4.78, 5) is 42.6. The highest BCUT2D eigenvalue weighted by Gasteiger charge is 2.42. The number of amides is 3. The van der Waals surface area contributed by atoms with E-state index in [1.807, 2.05) is 11.8 Å². The molecule has 0 unspecified atom stereocenters. The number of imide groups is 1. The van der Waals surface area contributed by atoms with E-state index in [9.17, 15) is 18.8 Å². The number of likely N-dealkylation sites (N-methyl/N-ethyl adjacent to an activating group) is 1. The van der Waals surface area contributed by atoms with E-state index in [1.165, 1.54) is 17.0 Å². The van der Waals surface area contributed by atoms with Gasteiger partial charge in [0.1, 0.15) is 5.82 Å². The molecule has 0 aromatic heterocycles. The van der Waals surface area contributed by atoms with Crippen molar-refractivity contribution in [3.63, 3.8) is 0 Å². The van der Waals surface area contributed by atoms with Crippen LogP contribution in [0, 0.1) is 17.7 Å². The van der Waals surface area contributed by atoms with Crippen LogP contribution in [-0.4, -0.2) is 71.2 Å². The molecule has 0 radical (unpaired) electrons. The van der Waals surface area contributed by atoms with Crippen LogP contribution in [-0.2, 0) is 9.59 Å². The summed E-state index contributed by atoms with van der Waals surface area (Å²) in [6, 6.07) is 5.49. The lowest BCUT2D eigenvalue weighted by Crippen LogP contribution is -2.47. The number of hydrogen-bond acceptors (Lipinski definition) is 4. The minimum atomic E-state index is -0.331. The number of piperidine rings is 2.